The molecule has 0 unspecified atom stereocenters. The van der Waals surface area contributed by atoms with Crippen molar-refractivity contribution in [3.63, 3.8) is 0 Å². The minimum Gasteiger partial charge on any atom is -0.550 e. The summed E-state index contributed by atoms with van der Waals surface area (Å²) in [4.78, 5) is 22.9. The van der Waals surface area contributed by atoms with E-state index in [-0.39, 0.29) is 6.42 Å². The Hall–Kier alpha value is -0.710. The first-order chi connectivity index (χ1) is 15.0. The van der Waals surface area contributed by atoms with E-state index in [2.05, 4.69) is 13.8 Å². The number of unbranched alkanes of at least 4 members (excludes halogenated alkanes) is 14. The fourth-order valence-corrected chi connectivity index (χ4v) is 5.40. The van der Waals surface area contributed by atoms with Gasteiger partial charge in [-0.3, -0.25) is 0 Å². The lowest BCUT2D eigenvalue weighted by atomic mass is 9.79. The number of rotatable bonds is 24. The summed E-state index contributed by atoms with van der Waals surface area (Å²) in [5.41, 5.74) is -0.818. The van der Waals surface area contributed by atoms with Crippen LogP contribution >= 0.6 is 11.8 Å². The number of thioether (sulfide) groups is 1. The van der Waals surface area contributed by atoms with E-state index < -0.39 is 17.4 Å². The number of carboxylic acid groups (broad SMARTS) is 2. The maximum atomic E-state index is 12.2. The zero-order valence-electron chi connectivity index (χ0n) is 20.4. The highest BCUT2D eigenvalue weighted by atomic mass is 32.2. The van der Waals surface area contributed by atoms with E-state index in [1.54, 1.807) is 0 Å². The van der Waals surface area contributed by atoms with Gasteiger partial charge in [0.1, 0.15) is 0 Å². The van der Waals surface area contributed by atoms with Crippen LogP contribution in [0.4, 0.5) is 0 Å². The molecule has 0 spiro atoms. The highest BCUT2D eigenvalue weighted by Crippen LogP contribution is 2.35. The SMILES string of the molecule is CCCCCCCCCCC(CCCCCCCCCC)(CSCCC(=O)[O-])C(=O)[O-]. The molecule has 0 saturated heterocycles. The highest BCUT2D eigenvalue weighted by molar-refractivity contribution is 7.99. The van der Waals surface area contributed by atoms with Crippen molar-refractivity contribution in [1.82, 2.24) is 0 Å². The summed E-state index contributed by atoms with van der Waals surface area (Å²) in [5.74, 6) is -1.15. The summed E-state index contributed by atoms with van der Waals surface area (Å²) in [7, 11) is 0. The first-order valence-electron chi connectivity index (χ1n) is 13.0. The molecule has 31 heavy (non-hydrogen) atoms. The fourth-order valence-electron chi connectivity index (χ4n) is 4.15. The molecule has 5 heteroatoms. The minimum absolute atomic E-state index is 0.0245. The molecule has 0 saturated carbocycles. The van der Waals surface area contributed by atoms with Crippen LogP contribution in [-0.2, 0) is 9.59 Å². The number of carbonyl (C=O) groups is 2. The third-order valence-electron chi connectivity index (χ3n) is 6.28. The van der Waals surface area contributed by atoms with Gasteiger partial charge in [-0.25, -0.2) is 0 Å². The molecule has 0 aliphatic heterocycles. The van der Waals surface area contributed by atoms with E-state index in [0.717, 1.165) is 25.7 Å². The molecule has 0 aromatic rings. The van der Waals surface area contributed by atoms with Gasteiger partial charge in [0.2, 0.25) is 0 Å². The van der Waals surface area contributed by atoms with Crippen LogP contribution in [0.3, 0.4) is 0 Å². The number of hydrogen-bond acceptors (Lipinski definition) is 5. The van der Waals surface area contributed by atoms with Gasteiger partial charge in [-0.15, -0.1) is 0 Å². The molecule has 184 valence electrons. The Bertz CT molecular complexity index is 419. The van der Waals surface area contributed by atoms with Crippen molar-refractivity contribution >= 4 is 23.7 Å². The predicted molar refractivity (Wildman–Crippen MR) is 129 cm³/mol. The minimum atomic E-state index is -1.07. The Morgan fingerprint density at radius 3 is 1.39 bits per heavy atom. The van der Waals surface area contributed by atoms with Gasteiger partial charge in [-0.1, -0.05) is 117 Å². The highest BCUT2D eigenvalue weighted by Gasteiger charge is 2.30. The van der Waals surface area contributed by atoms with Gasteiger partial charge in [0.25, 0.3) is 0 Å². The standard InChI is InChI=1S/C26H50O4S/c1-3-5-7-9-11-13-15-17-20-26(25(29)30,23-31-22-19-24(27)28)21-18-16-14-12-10-8-6-4-2/h3-23H2,1-2H3,(H,27,28)(H,29,30)/p-2. The largest absolute Gasteiger partial charge is 0.550 e. The lowest BCUT2D eigenvalue weighted by molar-refractivity contribution is -0.319. The van der Waals surface area contributed by atoms with Gasteiger partial charge in [-0.2, -0.15) is 11.8 Å². The van der Waals surface area contributed by atoms with Crippen molar-refractivity contribution in [3.8, 4) is 0 Å². The second kappa shape index (κ2) is 21.2. The van der Waals surface area contributed by atoms with E-state index >= 15 is 0 Å². The van der Waals surface area contributed by atoms with Crippen LogP contribution in [0.1, 0.15) is 136 Å². The third kappa shape index (κ3) is 17.5. The Morgan fingerprint density at radius 1 is 0.645 bits per heavy atom. The first-order valence-corrected chi connectivity index (χ1v) is 14.1. The average Bonchev–Trinajstić information content (AvgIpc) is 2.74. The molecular weight excluding hydrogens is 408 g/mol. The summed E-state index contributed by atoms with van der Waals surface area (Å²) in [6, 6.07) is 0. The molecule has 0 bridgehead atoms. The van der Waals surface area contributed by atoms with Gasteiger partial charge in [0.05, 0.1) is 0 Å². The normalized spacial score (nSPS) is 11.7. The molecule has 0 aromatic heterocycles. The smallest absolute Gasteiger partial charge is 0.0484 e. The van der Waals surface area contributed by atoms with Crippen molar-refractivity contribution in [2.75, 3.05) is 11.5 Å². The van der Waals surface area contributed by atoms with Crippen molar-refractivity contribution < 1.29 is 19.8 Å². The van der Waals surface area contributed by atoms with E-state index in [1.807, 2.05) is 0 Å². The number of carbonyl (C=O) groups excluding carboxylic acids is 2. The fraction of sp³-hybridized carbons (Fsp3) is 0.923. The maximum Gasteiger partial charge on any atom is 0.0484 e. The van der Waals surface area contributed by atoms with Gasteiger partial charge >= 0.3 is 0 Å². The zero-order chi connectivity index (χ0) is 23.2. The lowest BCUT2D eigenvalue weighted by Gasteiger charge is -2.35. The Balaban J connectivity index is 4.44. The first kappa shape index (κ1) is 30.3. The van der Waals surface area contributed by atoms with Crippen LogP contribution in [0.15, 0.2) is 0 Å². The number of aliphatic carboxylic acids is 2. The van der Waals surface area contributed by atoms with Crippen LogP contribution in [0.25, 0.3) is 0 Å². The summed E-state index contributed by atoms with van der Waals surface area (Å²) < 4.78 is 0. The molecule has 0 rings (SSSR count). The molecule has 0 aromatic carbocycles. The van der Waals surface area contributed by atoms with Gasteiger partial charge in [0, 0.05) is 23.1 Å². The second-order valence-corrected chi connectivity index (χ2v) is 10.3. The average molecular weight is 457 g/mol. The molecule has 0 aliphatic rings. The van der Waals surface area contributed by atoms with Crippen LogP contribution in [0.2, 0.25) is 0 Å². The molecular formula is C26H48O4S-2. The van der Waals surface area contributed by atoms with E-state index in [4.69, 9.17) is 0 Å². The van der Waals surface area contributed by atoms with Crippen LogP contribution in [0, 0.1) is 5.41 Å². The van der Waals surface area contributed by atoms with Crippen LogP contribution < -0.4 is 10.2 Å². The quantitative estimate of drug-likeness (QED) is 0.175. The van der Waals surface area contributed by atoms with E-state index in [9.17, 15) is 19.8 Å². The van der Waals surface area contributed by atoms with Crippen molar-refractivity contribution in [2.45, 2.75) is 136 Å². The summed E-state index contributed by atoms with van der Waals surface area (Å²) >= 11 is 1.43. The van der Waals surface area contributed by atoms with Crippen LogP contribution in [0.5, 0.6) is 0 Å². The van der Waals surface area contributed by atoms with Gasteiger partial charge < -0.3 is 19.8 Å². The van der Waals surface area contributed by atoms with Gasteiger partial charge in [0.15, 0.2) is 0 Å². The molecule has 0 heterocycles. The molecule has 4 nitrogen and oxygen atoms in total. The monoisotopic (exact) mass is 456 g/mol. The number of carboxylic acids is 2. The predicted octanol–water partition coefficient (Wildman–Crippen LogP) is 5.66. The molecule has 0 aliphatic carbocycles. The van der Waals surface area contributed by atoms with Crippen LogP contribution in [-0.4, -0.2) is 23.4 Å². The van der Waals surface area contributed by atoms with E-state index in [1.165, 1.54) is 88.8 Å². The van der Waals surface area contributed by atoms with Crippen molar-refractivity contribution in [2.24, 2.45) is 5.41 Å². The summed E-state index contributed by atoms with van der Waals surface area (Å²) in [6.07, 6.45) is 20.3. The molecule has 0 N–H and O–H groups in total. The molecule has 0 fully saturated rings. The van der Waals surface area contributed by atoms with Crippen molar-refractivity contribution in [1.29, 1.82) is 0 Å². The maximum absolute atomic E-state index is 12.2. The summed E-state index contributed by atoms with van der Waals surface area (Å²) in [6.45, 7) is 4.44. The summed E-state index contributed by atoms with van der Waals surface area (Å²) in [5, 5.41) is 22.9. The lowest BCUT2D eigenvalue weighted by Crippen LogP contribution is -2.44. The van der Waals surface area contributed by atoms with Gasteiger partial charge in [-0.05, 0) is 25.0 Å². The Labute approximate surface area is 196 Å². The third-order valence-corrected chi connectivity index (χ3v) is 7.53. The topological polar surface area (TPSA) is 80.3 Å². The molecule has 0 amide bonds. The second-order valence-electron chi connectivity index (χ2n) is 9.19. The number of hydrogen-bond donors (Lipinski definition) is 0. The van der Waals surface area contributed by atoms with E-state index in [0.29, 0.717) is 24.3 Å². The Morgan fingerprint density at radius 2 is 1.03 bits per heavy atom. The molecule has 0 radical (unpaired) electrons. The zero-order valence-corrected chi connectivity index (χ0v) is 21.2. The van der Waals surface area contributed by atoms with Crippen molar-refractivity contribution in [3.05, 3.63) is 0 Å². The Kier molecular flexibility index (Phi) is 20.7. The molecule has 0 atom stereocenters.